The quantitative estimate of drug-likeness (QED) is 0.202. The maximum atomic E-state index is 13.6. The van der Waals surface area contributed by atoms with Crippen LogP contribution in [0.4, 0.5) is 11.6 Å². The van der Waals surface area contributed by atoms with E-state index in [-0.39, 0.29) is 5.56 Å². The molecule has 0 spiro atoms. The summed E-state index contributed by atoms with van der Waals surface area (Å²) in [6.07, 6.45) is 4.67. The van der Waals surface area contributed by atoms with Gasteiger partial charge in [-0.15, -0.1) is 0 Å². The molecule has 2 aromatic carbocycles. The van der Waals surface area contributed by atoms with E-state index in [0.717, 1.165) is 40.9 Å². The SMILES string of the molecule is CCn1c(=O)c(-c2ccc(-c3ccc(C)nc3)cc2Cl)cc2cnc(Nc3ccc(C(C)CCN(C)C)cc3)nc21. The van der Waals surface area contributed by atoms with Gasteiger partial charge in [-0.1, -0.05) is 48.9 Å². The third-order valence-corrected chi connectivity index (χ3v) is 7.71. The van der Waals surface area contributed by atoms with E-state index in [1.807, 2.05) is 68.6 Å². The van der Waals surface area contributed by atoms with Crippen LogP contribution in [0.3, 0.4) is 0 Å². The number of pyridine rings is 2. The zero-order chi connectivity index (χ0) is 29.1. The highest BCUT2D eigenvalue weighted by molar-refractivity contribution is 6.33. The van der Waals surface area contributed by atoms with Crippen LogP contribution in [0.1, 0.15) is 37.4 Å². The van der Waals surface area contributed by atoms with Gasteiger partial charge < -0.3 is 10.2 Å². The number of aryl methyl sites for hydroxylation is 2. The Morgan fingerprint density at radius 1 is 0.951 bits per heavy atom. The van der Waals surface area contributed by atoms with Crippen molar-refractivity contribution in [2.75, 3.05) is 26.0 Å². The Balaban J connectivity index is 1.42. The summed E-state index contributed by atoms with van der Waals surface area (Å²) >= 11 is 6.73. The van der Waals surface area contributed by atoms with Crippen molar-refractivity contribution in [2.45, 2.75) is 39.7 Å². The zero-order valence-corrected chi connectivity index (χ0v) is 24.9. The molecule has 1 unspecified atom stereocenters. The molecule has 0 saturated heterocycles. The summed E-state index contributed by atoms with van der Waals surface area (Å²) < 4.78 is 1.67. The van der Waals surface area contributed by atoms with Crippen LogP contribution in [0.25, 0.3) is 33.3 Å². The summed E-state index contributed by atoms with van der Waals surface area (Å²) in [7, 11) is 4.19. The lowest BCUT2D eigenvalue weighted by molar-refractivity contribution is 0.386. The third-order valence-electron chi connectivity index (χ3n) is 7.39. The molecule has 0 fully saturated rings. The van der Waals surface area contributed by atoms with Gasteiger partial charge in [0.15, 0.2) is 0 Å². The van der Waals surface area contributed by atoms with E-state index in [1.165, 1.54) is 5.56 Å². The van der Waals surface area contributed by atoms with Crippen LogP contribution in [0.2, 0.25) is 5.02 Å². The van der Waals surface area contributed by atoms with Crippen molar-refractivity contribution in [1.29, 1.82) is 0 Å². The van der Waals surface area contributed by atoms with Gasteiger partial charge in [-0.05, 0) is 88.3 Å². The number of hydrogen-bond donors (Lipinski definition) is 1. The van der Waals surface area contributed by atoms with E-state index in [2.05, 4.69) is 53.3 Å². The van der Waals surface area contributed by atoms with Gasteiger partial charge in [0, 0.05) is 57.4 Å². The fourth-order valence-electron chi connectivity index (χ4n) is 4.90. The Morgan fingerprint density at radius 3 is 2.37 bits per heavy atom. The van der Waals surface area contributed by atoms with Gasteiger partial charge in [0.1, 0.15) is 5.65 Å². The second kappa shape index (κ2) is 12.2. The Hall–Kier alpha value is -4.07. The second-order valence-electron chi connectivity index (χ2n) is 10.7. The summed E-state index contributed by atoms with van der Waals surface area (Å²) in [6, 6.07) is 19.9. The molecule has 0 aliphatic rings. The van der Waals surface area contributed by atoms with Crippen LogP contribution in [-0.2, 0) is 6.54 Å². The highest BCUT2D eigenvalue weighted by atomic mass is 35.5. The van der Waals surface area contributed by atoms with Crippen molar-refractivity contribution in [2.24, 2.45) is 0 Å². The minimum Gasteiger partial charge on any atom is -0.324 e. The van der Waals surface area contributed by atoms with E-state index in [0.29, 0.717) is 40.2 Å². The summed E-state index contributed by atoms with van der Waals surface area (Å²) in [5.41, 5.74) is 6.67. The lowest BCUT2D eigenvalue weighted by atomic mass is 9.97. The Morgan fingerprint density at radius 2 is 1.71 bits per heavy atom. The summed E-state index contributed by atoms with van der Waals surface area (Å²) in [5.74, 6) is 0.912. The molecule has 3 heterocycles. The number of halogens is 1. The maximum absolute atomic E-state index is 13.6. The second-order valence-corrected chi connectivity index (χ2v) is 11.1. The molecule has 5 rings (SSSR count). The van der Waals surface area contributed by atoms with Crippen LogP contribution < -0.4 is 10.9 Å². The van der Waals surface area contributed by atoms with Crippen LogP contribution in [0.5, 0.6) is 0 Å². The molecule has 41 heavy (non-hydrogen) atoms. The smallest absolute Gasteiger partial charge is 0.260 e. The topological polar surface area (TPSA) is 75.9 Å². The van der Waals surface area contributed by atoms with E-state index < -0.39 is 0 Å². The molecule has 210 valence electrons. The minimum absolute atomic E-state index is 0.146. The Bertz CT molecular complexity index is 1730. The first-order valence-corrected chi connectivity index (χ1v) is 14.3. The standard InChI is InChI=1S/C33H35ClN6O/c1-6-40-31-26(20-36-33(38-31)37-27-12-9-23(10-13-27)21(2)15-16-39(4)5)17-29(32(40)41)28-14-11-24(18-30(28)34)25-8-7-22(3)35-19-25/h7-14,17-21H,6,15-16H2,1-5H3,(H,36,37,38). The van der Waals surface area contributed by atoms with Crippen LogP contribution in [-0.4, -0.2) is 45.1 Å². The summed E-state index contributed by atoms with van der Waals surface area (Å²) in [4.78, 5) is 29.5. The molecule has 0 saturated carbocycles. The predicted octanol–water partition coefficient (Wildman–Crippen LogP) is 7.30. The number of aromatic nitrogens is 4. The fourth-order valence-corrected chi connectivity index (χ4v) is 5.18. The third kappa shape index (κ3) is 6.32. The van der Waals surface area contributed by atoms with Crippen LogP contribution in [0, 0.1) is 6.92 Å². The normalized spacial score (nSPS) is 12.2. The van der Waals surface area contributed by atoms with Gasteiger partial charge in [0.05, 0.1) is 0 Å². The molecular formula is C33H35ClN6O. The van der Waals surface area contributed by atoms with E-state index in [4.69, 9.17) is 16.6 Å². The van der Waals surface area contributed by atoms with E-state index in [1.54, 1.807) is 10.8 Å². The molecule has 0 bridgehead atoms. The monoisotopic (exact) mass is 566 g/mol. The average Bonchev–Trinajstić information content (AvgIpc) is 2.96. The first kappa shape index (κ1) is 28.5. The number of nitrogens with one attached hydrogen (secondary N) is 1. The van der Waals surface area contributed by atoms with E-state index >= 15 is 0 Å². The van der Waals surface area contributed by atoms with Crippen molar-refractivity contribution in [1.82, 2.24) is 24.4 Å². The molecule has 0 radical (unpaired) electrons. The van der Waals surface area contributed by atoms with Crippen molar-refractivity contribution >= 4 is 34.3 Å². The molecule has 3 aromatic heterocycles. The molecule has 0 amide bonds. The van der Waals surface area contributed by atoms with Crippen molar-refractivity contribution in [3.8, 4) is 22.3 Å². The molecule has 8 heteroatoms. The molecule has 0 aliphatic heterocycles. The predicted molar refractivity (Wildman–Crippen MR) is 169 cm³/mol. The lowest BCUT2D eigenvalue weighted by Gasteiger charge is -2.16. The highest BCUT2D eigenvalue weighted by Crippen LogP contribution is 2.32. The molecule has 1 N–H and O–H groups in total. The molecule has 0 aliphatic carbocycles. The Kier molecular flexibility index (Phi) is 8.47. The Labute approximate surface area is 245 Å². The van der Waals surface area contributed by atoms with E-state index in [9.17, 15) is 4.79 Å². The first-order chi connectivity index (χ1) is 19.7. The largest absolute Gasteiger partial charge is 0.324 e. The first-order valence-electron chi connectivity index (χ1n) is 13.9. The van der Waals surface area contributed by atoms with Gasteiger partial charge in [-0.2, -0.15) is 4.98 Å². The van der Waals surface area contributed by atoms with Gasteiger partial charge in [-0.25, -0.2) is 4.98 Å². The molecule has 7 nitrogen and oxygen atoms in total. The summed E-state index contributed by atoms with van der Waals surface area (Å²) in [5, 5.41) is 4.56. The lowest BCUT2D eigenvalue weighted by Crippen LogP contribution is -2.22. The van der Waals surface area contributed by atoms with Crippen molar-refractivity contribution in [3.05, 3.63) is 99.7 Å². The van der Waals surface area contributed by atoms with Gasteiger partial charge >= 0.3 is 0 Å². The zero-order valence-electron chi connectivity index (χ0n) is 24.1. The van der Waals surface area contributed by atoms with Crippen LogP contribution >= 0.6 is 11.6 Å². The average molecular weight is 567 g/mol. The summed E-state index contributed by atoms with van der Waals surface area (Å²) in [6.45, 7) is 7.65. The molecule has 1 atom stereocenters. The van der Waals surface area contributed by atoms with Crippen molar-refractivity contribution in [3.63, 3.8) is 0 Å². The number of fused-ring (bicyclic) bond motifs is 1. The minimum atomic E-state index is -0.146. The van der Waals surface area contributed by atoms with Crippen LogP contribution in [0.15, 0.2) is 77.9 Å². The number of nitrogens with zero attached hydrogens (tertiary/aromatic N) is 5. The maximum Gasteiger partial charge on any atom is 0.260 e. The van der Waals surface area contributed by atoms with Gasteiger partial charge in [-0.3, -0.25) is 14.3 Å². The number of rotatable bonds is 9. The number of hydrogen-bond acceptors (Lipinski definition) is 6. The number of anilines is 2. The molecule has 5 aromatic rings. The number of benzene rings is 2. The van der Waals surface area contributed by atoms with Gasteiger partial charge in [0.2, 0.25) is 5.95 Å². The van der Waals surface area contributed by atoms with Gasteiger partial charge in [0.25, 0.3) is 5.56 Å². The van der Waals surface area contributed by atoms with Crippen molar-refractivity contribution < 1.29 is 0 Å². The molecular weight excluding hydrogens is 532 g/mol. The fraction of sp³-hybridized carbons (Fsp3) is 0.273. The highest BCUT2D eigenvalue weighted by Gasteiger charge is 2.16.